The van der Waals surface area contributed by atoms with Crippen LogP contribution in [0.15, 0.2) is 23.1 Å². The summed E-state index contributed by atoms with van der Waals surface area (Å²) in [6.45, 7) is 0.487. The van der Waals surface area contributed by atoms with E-state index in [2.05, 4.69) is 10.3 Å². The van der Waals surface area contributed by atoms with Gasteiger partial charge in [0.05, 0.1) is 6.54 Å². The Morgan fingerprint density at radius 1 is 1.30 bits per heavy atom. The first-order valence-corrected chi connectivity index (χ1v) is 10.2. The van der Waals surface area contributed by atoms with E-state index in [9.17, 15) is 19.4 Å². The SMILES string of the molecule is O=C(CNCc1cc[nH]c(=O)c1)C[P+](O)(O)CC1CCCCC1. The van der Waals surface area contributed by atoms with Gasteiger partial charge in [-0.25, -0.2) is 9.79 Å². The second-order valence-corrected chi connectivity index (χ2v) is 8.87. The standard InChI is InChI=1S/C16H25N2O4P/c19-15(10-17-9-14-6-7-18-16(20)8-14)12-23(21,22)11-13-4-2-1-3-5-13/h6-8,13,17,21-22H,1-5,9-12H2/p+1. The van der Waals surface area contributed by atoms with Gasteiger partial charge in [0.2, 0.25) is 5.56 Å². The maximum absolute atomic E-state index is 11.9. The molecule has 1 saturated carbocycles. The Kier molecular flexibility index (Phi) is 6.90. The molecule has 1 fully saturated rings. The van der Waals surface area contributed by atoms with Crippen LogP contribution < -0.4 is 10.9 Å². The summed E-state index contributed by atoms with van der Waals surface area (Å²) in [6, 6.07) is 3.23. The van der Waals surface area contributed by atoms with Gasteiger partial charge in [-0.15, -0.1) is 0 Å². The number of carbonyl (C=O) groups excluding carboxylic acids is 1. The molecule has 7 heteroatoms. The van der Waals surface area contributed by atoms with Crippen molar-refractivity contribution < 1.29 is 14.6 Å². The number of hydrogen-bond acceptors (Lipinski definition) is 5. The highest BCUT2D eigenvalue weighted by atomic mass is 31.2. The summed E-state index contributed by atoms with van der Waals surface area (Å²) in [5.41, 5.74) is 0.608. The van der Waals surface area contributed by atoms with Crippen molar-refractivity contribution in [1.82, 2.24) is 10.3 Å². The van der Waals surface area contributed by atoms with E-state index in [0.29, 0.717) is 18.6 Å². The normalized spacial score (nSPS) is 16.4. The van der Waals surface area contributed by atoms with Crippen molar-refractivity contribution in [2.24, 2.45) is 5.92 Å². The molecule has 0 amide bonds. The summed E-state index contributed by atoms with van der Waals surface area (Å²) in [5, 5.41) is 2.95. The quantitative estimate of drug-likeness (QED) is 0.536. The molecule has 0 unspecified atom stereocenters. The van der Waals surface area contributed by atoms with Crippen molar-refractivity contribution >= 4 is 13.5 Å². The third-order valence-corrected chi connectivity index (χ3v) is 6.16. The Morgan fingerprint density at radius 3 is 2.74 bits per heavy atom. The molecule has 1 aromatic heterocycles. The van der Waals surface area contributed by atoms with Crippen molar-refractivity contribution in [3.05, 3.63) is 34.2 Å². The number of nitrogens with one attached hydrogen (secondary N) is 2. The largest absolute Gasteiger partial charge is 0.329 e. The molecule has 2 rings (SSSR count). The molecule has 0 radical (unpaired) electrons. The third-order valence-electron chi connectivity index (χ3n) is 4.20. The molecule has 1 aliphatic rings. The van der Waals surface area contributed by atoms with Crippen LogP contribution in [0.3, 0.4) is 0 Å². The molecule has 1 aliphatic carbocycles. The first kappa shape index (κ1) is 18.3. The van der Waals surface area contributed by atoms with Crippen LogP contribution in [0, 0.1) is 5.92 Å². The minimum atomic E-state index is -3.13. The minimum Gasteiger partial charge on any atom is -0.329 e. The molecule has 128 valence electrons. The molecule has 1 aromatic rings. The van der Waals surface area contributed by atoms with Crippen molar-refractivity contribution in [1.29, 1.82) is 0 Å². The first-order valence-electron chi connectivity index (χ1n) is 8.17. The van der Waals surface area contributed by atoms with Crippen LogP contribution in [0.4, 0.5) is 0 Å². The molecule has 1 heterocycles. The molecule has 0 saturated heterocycles. The molecule has 4 N–H and O–H groups in total. The minimum absolute atomic E-state index is 0.0837. The molecule has 0 atom stereocenters. The zero-order valence-corrected chi connectivity index (χ0v) is 14.2. The van der Waals surface area contributed by atoms with Gasteiger partial charge in [-0.3, -0.25) is 9.59 Å². The summed E-state index contributed by atoms with van der Waals surface area (Å²) in [7, 11) is -3.13. The number of rotatable bonds is 8. The fraction of sp³-hybridized carbons (Fsp3) is 0.625. The number of pyridine rings is 1. The van der Waals surface area contributed by atoms with Gasteiger partial charge in [0.25, 0.3) is 7.72 Å². The van der Waals surface area contributed by atoms with Gasteiger partial charge < -0.3 is 10.3 Å². The maximum Gasteiger partial charge on any atom is 0.275 e. The smallest absolute Gasteiger partial charge is 0.275 e. The Morgan fingerprint density at radius 2 is 2.04 bits per heavy atom. The van der Waals surface area contributed by atoms with Gasteiger partial charge in [0.1, 0.15) is 6.16 Å². The lowest BCUT2D eigenvalue weighted by Gasteiger charge is -2.23. The summed E-state index contributed by atoms with van der Waals surface area (Å²) in [4.78, 5) is 45.9. The van der Waals surface area contributed by atoms with Crippen LogP contribution in [-0.2, 0) is 11.3 Å². The van der Waals surface area contributed by atoms with E-state index < -0.39 is 7.72 Å². The van der Waals surface area contributed by atoms with Crippen LogP contribution in [0.1, 0.15) is 37.7 Å². The van der Waals surface area contributed by atoms with Crippen LogP contribution in [0.25, 0.3) is 0 Å². The molecule has 0 spiro atoms. The zero-order valence-electron chi connectivity index (χ0n) is 13.3. The number of H-pyrrole nitrogens is 1. The lowest BCUT2D eigenvalue weighted by Crippen LogP contribution is -2.27. The van der Waals surface area contributed by atoms with Crippen molar-refractivity contribution in [3.63, 3.8) is 0 Å². The monoisotopic (exact) mass is 341 g/mol. The fourth-order valence-electron chi connectivity index (χ4n) is 3.13. The molecular formula is C16H26N2O4P+. The van der Waals surface area contributed by atoms with Crippen LogP contribution >= 0.6 is 7.72 Å². The molecular weight excluding hydrogens is 315 g/mol. The van der Waals surface area contributed by atoms with Crippen molar-refractivity contribution in [2.75, 3.05) is 18.9 Å². The third kappa shape index (κ3) is 6.92. The first-order chi connectivity index (χ1) is 10.9. The highest BCUT2D eigenvalue weighted by Crippen LogP contribution is 2.52. The second-order valence-electron chi connectivity index (χ2n) is 6.43. The van der Waals surface area contributed by atoms with Crippen molar-refractivity contribution in [3.8, 4) is 0 Å². The van der Waals surface area contributed by atoms with Gasteiger partial charge in [0, 0.05) is 18.8 Å². The van der Waals surface area contributed by atoms with E-state index in [0.717, 1.165) is 31.2 Å². The Bertz CT molecular complexity index is 567. The van der Waals surface area contributed by atoms with Crippen molar-refractivity contribution in [2.45, 2.75) is 38.6 Å². The zero-order chi connectivity index (χ0) is 16.7. The Labute approximate surface area is 136 Å². The number of hydrogen-bond donors (Lipinski definition) is 4. The molecule has 0 aromatic carbocycles. The van der Waals surface area contributed by atoms with Crippen LogP contribution in [0.5, 0.6) is 0 Å². The number of carbonyl (C=O) groups is 1. The number of Topliss-reactive ketones (excluding diaryl/α,β-unsaturated/α-hetero) is 1. The second kappa shape index (κ2) is 8.69. The molecule has 0 bridgehead atoms. The Balaban J connectivity index is 1.71. The summed E-state index contributed by atoms with van der Waals surface area (Å²) < 4.78 is 0. The Hall–Kier alpha value is -1.07. The molecule has 6 nitrogen and oxygen atoms in total. The number of aromatic nitrogens is 1. The summed E-state index contributed by atoms with van der Waals surface area (Å²) in [6.07, 6.45) is 7.40. The highest BCUT2D eigenvalue weighted by molar-refractivity contribution is 7.65. The van der Waals surface area contributed by atoms with Crippen LogP contribution in [-0.4, -0.2) is 39.4 Å². The van der Waals surface area contributed by atoms with Crippen LogP contribution in [0.2, 0.25) is 0 Å². The fourth-order valence-corrected chi connectivity index (χ4v) is 5.13. The van der Waals surface area contributed by atoms with Gasteiger partial charge in [-0.05, 0) is 30.4 Å². The molecule has 23 heavy (non-hydrogen) atoms. The van der Waals surface area contributed by atoms with E-state index in [1.807, 2.05) is 0 Å². The summed E-state index contributed by atoms with van der Waals surface area (Å²) >= 11 is 0. The van der Waals surface area contributed by atoms with E-state index in [-0.39, 0.29) is 24.0 Å². The van der Waals surface area contributed by atoms with E-state index in [1.165, 1.54) is 12.5 Å². The molecule has 0 aliphatic heterocycles. The van der Waals surface area contributed by atoms with E-state index in [1.54, 1.807) is 12.3 Å². The van der Waals surface area contributed by atoms with Gasteiger partial charge >= 0.3 is 0 Å². The average Bonchev–Trinajstić information content (AvgIpc) is 2.47. The predicted molar refractivity (Wildman–Crippen MR) is 91.4 cm³/mol. The number of ketones is 1. The lowest BCUT2D eigenvalue weighted by molar-refractivity contribution is -0.116. The topological polar surface area (TPSA) is 102 Å². The average molecular weight is 341 g/mol. The maximum atomic E-state index is 11.9. The highest BCUT2D eigenvalue weighted by Gasteiger charge is 2.39. The lowest BCUT2D eigenvalue weighted by atomic mass is 9.91. The van der Waals surface area contributed by atoms with Gasteiger partial charge in [-0.2, -0.15) is 0 Å². The van der Waals surface area contributed by atoms with Gasteiger partial charge in [0.15, 0.2) is 11.9 Å². The van der Waals surface area contributed by atoms with E-state index >= 15 is 0 Å². The van der Waals surface area contributed by atoms with E-state index in [4.69, 9.17) is 0 Å². The van der Waals surface area contributed by atoms with Gasteiger partial charge in [-0.1, -0.05) is 19.3 Å². The number of aromatic amines is 1. The summed E-state index contributed by atoms with van der Waals surface area (Å²) in [5.74, 6) is 0.160. The predicted octanol–water partition coefficient (Wildman–Crippen LogP) is 1.45.